The van der Waals surface area contributed by atoms with Gasteiger partial charge in [-0.15, -0.1) is 10.2 Å². The molecule has 1 aromatic heterocycles. The maximum atomic E-state index is 12.6. The molecule has 1 saturated carbocycles. The lowest BCUT2D eigenvalue weighted by Gasteiger charge is -2.27. The fraction of sp³-hybridized carbons (Fsp3) is 0.833. The fourth-order valence-electron chi connectivity index (χ4n) is 2.45. The number of alkyl halides is 3. The number of nitrogens with zero attached hydrogens (tertiary/aromatic N) is 2. The molecule has 1 heterocycles. The molecule has 1 aromatic rings. The number of rotatable bonds is 4. The van der Waals surface area contributed by atoms with Gasteiger partial charge in [-0.05, 0) is 38.6 Å². The van der Waals surface area contributed by atoms with Gasteiger partial charge in [0, 0.05) is 12.3 Å². The summed E-state index contributed by atoms with van der Waals surface area (Å²) in [5.41, 5.74) is 5.39. The molecular weight excluding hydrogens is 259 g/mol. The Morgan fingerprint density at radius 2 is 1.84 bits per heavy atom. The van der Waals surface area contributed by atoms with Crippen LogP contribution in [0.15, 0.2) is 4.42 Å². The van der Waals surface area contributed by atoms with Gasteiger partial charge in [-0.25, -0.2) is 0 Å². The zero-order valence-corrected chi connectivity index (χ0v) is 10.6. The van der Waals surface area contributed by atoms with Gasteiger partial charge in [0.2, 0.25) is 11.8 Å². The quantitative estimate of drug-likeness (QED) is 0.919. The van der Waals surface area contributed by atoms with E-state index >= 15 is 0 Å². The van der Waals surface area contributed by atoms with E-state index in [1.165, 1.54) is 0 Å². The van der Waals surface area contributed by atoms with Gasteiger partial charge in [0.25, 0.3) is 0 Å². The fourth-order valence-corrected chi connectivity index (χ4v) is 2.45. The maximum Gasteiger partial charge on any atom is 0.391 e. The van der Waals surface area contributed by atoms with E-state index in [2.05, 4.69) is 10.2 Å². The third-order valence-corrected chi connectivity index (χ3v) is 3.62. The Hall–Kier alpha value is -1.11. The van der Waals surface area contributed by atoms with E-state index < -0.39 is 12.1 Å². The Kier molecular flexibility index (Phi) is 4.44. The predicted octanol–water partition coefficient (Wildman–Crippen LogP) is 2.80. The molecule has 4 nitrogen and oxygen atoms in total. The Morgan fingerprint density at radius 1 is 1.16 bits per heavy atom. The summed E-state index contributed by atoms with van der Waals surface area (Å²) in [4.78, 5) is 0. The lowest BCUT2D eigenvalue weighted by atomic mass is 9.81. The van der Waals surface area contributed by atoms with E-state index in [4.69, 9.17) is 10.2 Å². The van der Waals surface area contributed by atoms with E-state index in [0.717, 1.165) is 6.42 Å². The average Bonchev–Trinajstić information content (AvgIpc) is 2.84. The van der Waals surface area contributed by atoms with Crippen molar-refractivity contribution in [2.24, 2.45) is 11.7 Å². The molecule has 0 atom stereocenters. The second kappa shape index (κ2) is 5.90. The number of hydrogen-bond donors (Lipinski definition) is 1. The van der Waals surface area contributed by atoms with Crippen molar-refractivity contribution in [1.29, 1.82) is 0 Å². The van der Waals surface area contributed by atoms with Crippen molar-refractivity contribution in [3.63, 3.8) is 0 Å². The Morgan fingerprint density at radius 3 is 2.42 bits per heavy atom. The number of nitrogens with two attached hydrogens (primary N) is 1. The molecule has 0 aliphatic heterocycles. The van der Waals surface area contributed by atoms with Crippen molar-refractivity contribution in [2.45, 2.75) is 50.6 Å². The minimum absolute atomic E-state index is 0.0299. The Balaban J connectivity index is 1.89. The van der Waals surface area contributed by atoms with Gasteiger partial charge in [0.05, 0.1) is 5.92 Å². The van der Waals surface area contributed by atoms with Crippen LogP contribution in [0.4, 0.5) is 13.2 Å². The molecule has 7 heteroatoms. The number of aromatic nitrogens is 2. The third-order valence-electron chi connectivity index (χ3n) is 3.62. The van der Waals surface area contributed by atoms with Crippen LogP contribution in [0, 0.1) is 5.92 Å². The minimum Gasteiger partial charge on any atom is -0.425 e. The second-order valence-electron chi connectivity index (χ2n) is 5.02. The normalized spacial score (nSPS) is 24.6. The summed E-state index contributed by atoms with van der Waals surface area (Å²) in [7, 11) is 0. The molecule has 1 fully saturated rings. The van der Waals surface area contributed by atoms with Crippen LogP contribution in [0.2, 0.25) is 0 Å². The van der Waals surface area contributed by atoms with Crippen molar-refractivity contribution < 1.29 is 17.6 Å². The molecular formula is C12H18F3N3O. The molecule has 1 aliphatic carbocycles. The van der Waals surface area contributed by atoms with Gasteiger partial charge < -0.3 is 10.2 Å². The largest absolute Gasteiger partial charge is 0.425 e. The third kappa shape index (κ3) is 3.68. The number of halogens is 3. The highest BCUT2D eigenvalue weighted by molar-refractivity contribution is 4.95. The highest BCUT2D eigenvalue weighted by atomic mass is 19.4. The summed E-state index contributed by atoms with van der Waals surface area (Å²) < 4.78 is 43.1. The summed E-state index contributed by atoms with van der Waals surface area (Å²) in [6.07, 6.45) is -1.47. The first-order valence-electron chi connectivity index (χ1n) is 6.59. The topological polar surface area (TPSA) is 64.9 Å². The summed E-state index contributed by atoms with van der Waals surface area (Å²) in [6, 6.07) is 0. The Labute approximate surface area is 109 Å². The lowest BCUT2D eigenvalue weighted by Crippen LogP contribution is -2.27. The van der Waals surface area contributed by atoms with E-state index in [0.29, 0.717) is 37.6 Å². The van der Waals surface area contributed by atoms with Crippen LogP contribution < -0.4 is 5.73 Å². The van der Waals surface area contributed by atoms with Crippen LogP contribution in [-0.4, -0.2) is 22.9 Å². The summed E-state index contributed by atoms with van der Waals surface area (Å²) in [6.45, 7) is 0.550. The van der Waals surface area contributed by atoms with Gasteiger partial charge in [0.1, 0.15) is 0 Å². The minimum atomic E-state index is -4.08. The molecule has 0 amide bonds. The highest BCUT2D eigenvalue weighted by Crippen LogP contribution is 2.42. The molecule has 0 unspecified atom stereocenters. The van der Waals surface area contributed by atoms with Crippen LogP contribution in [0.3, 0.4) is 0 Å². The first-order chi connectivity index (χ1) is 9.00. The van der Waals surface area contributed by atoms with E-state index in [-0.39, 0.29) is 18.8 Å². The highest BCUT2D eigenvalue weighted by Gasteiger charge is 2.42. The number of aryl methyl sites for hydroxylation is 1. The first kappa shape index (κ1) is 14.3. The van der Waals surface area contributed by atoms with E-state index in [1.807, 2.05) is 0 Å². The molecule has 2 N–H and O–H groups in total. The van der Waals surface area contributed by atoms with Crippen LogP contribution in [0.5, 0.6) is 0 Å². The second-order valence-corrected chi connectivity index (χ2v) is 5.02. The zero-order valence-electron chi connectivity index (χ0n) is 10.6. The van der Waals surface area contributed by atoms with Crippen molar-refractivity contribution in [3.8, 4) is 0 Å². The molecule has 108 valence electrons. The molecule has 0 radical (unpaired) electrons. The monoisotopic (exact) mass is 277 g/mol. The zero-order chi connectivity index (χ0) is 13.9. The number of hydrogen-bond acceptors (Lipinski definition) is 4. The van der Waals surface area contributed by atoms with E-state index in [1.54, 1.807) is 0 Å². The summed E-state index contributed by atoms with van der Waals surface area (Å²) in [5.74, 6) is -0.202. The smallest absolute Gasteiger partial charge is 0.391 e. The van der Waals surface area contributed by atoms with E-state index in [9.17, 15) is 13.2 Å². The SMILES string of the molecule is NCCCc1nnc(C2CCC(C(F)(F)F)CC2)o1. The van der Waals surface area contributed by atoms with Gasteiger partial charge >= 0.3 is 6.18 Å². The summed E-state index contributed by atoms with van der Waals surface area (Å²) >= 11 is 0. The molecule has 2 rings (SSSR count). The van der Waals surface area contributed by atoms with Crippen LogP contribution in [0.25, 0.3) is 0 Å². The molecule has 19 heavy (non-hydrogen) atoms. The maximum absolute atomic E-state index is 12.6. The van der Waals surface area contributed by atoms with Gasteiger partial charge in [0.15, 0.2) is 0 Å². The molecule has 1 aliphatic rings. The molecule has 0 bridgehead atoms. The standard InChI is InChI=1S/C12H18F3N3O/c13-12(14,15)9-5-3-8(4-6-9)11-18-17-10(19-11)2-1-7-16/h8-9H,1-7,16H2. The van der Waals surface area contributed by atoms with Gasteiger partial charge in [-0.1, -0.05) is 0 Å². The van der Waals surface area contributed by atoms with Crippen LogP contribution in [0.1, 0.15) is 49.8 Å². The van der Waals surface area contributed by atoms with Gasteiger partial charge in [-0.3, -0.25) is 0 Å². The lowest BCUT2D eigenvalue weighted by molar-refractivity contribution is -0.182. The molecule has 0 aromatic carbocycles. The molecule has 0 spiro atoms. The average molecular weight is 277 g/mol. The predicted molar refractivity (Wildman–Crippen MR) is 62.4 cm³/mol. The first-order valence-corrected chi connectivity index (χ1v) is 6.59. The Bertz CT molecular complexity index is 397. The van der Waals surface area contributed by atoms with Crippen molar-refractivity contribution in [2.75, 3.05) is 6.54 Å². The molecule has 0 saturated heterocycles. The summed E-state index contributed by atoms with van der Waals surface area (Å²) in [5, 5.41) is 7.84. The van der Waals surface area contributed by atoms with Crippen LogP contribution in [-0.2, 0) is 6.42 Å². The van der Waals surface area contributed by atoms with Crippen LogP contribution >= 0.6 is 0 Å². The van der Waals surface area contributed by atoms with Crippen molar-refractivity contribution >= 4 is 0 Å². The van der Waals surface area contributed by atoms with Crippen molar-refractivity contribution in [3.05, 3.63) is 11.8 Å². The van der Waals surface area contributed by atoms with Gasteiger partial charge in [-0.2, -0.15) is 13.2 Å². The van der Waals surface area contributed by atoms with Crippen molar-refractivity contribution in [1.82, 2.24) is 10.2 Å².